The molecule has 2 aliphatic rings. The fraction of sp³-hybridized carbons (Fsp3) is 0.538. The first kappa shape index (κ1) is 14.0. The van der Waals surface area contributed by atoms with Gasteiger partial charge in [0.15, 0.2) is 0 Å². The molecule has 102 valence electrons. The number of nitriles is 1. The number of nitrogens with one attached hydrogen (secondary N) is 1. The summed E-state index contributed by atoms with van der Waals surface area (Å²) in [6, 6.07) is 2.05. The van der Waals surface area contributed by atoms with Crippen LogP contribution in [0.5, 0.6) is 0 Å². The van der Waals surface area contributed by atoms with Crippen molar-refractivity contribution in [2.75, 3.05) is 26.3 Å². The van der Waals surface area contributed by atoms with Crippen molar-refractivity contribution >= 4 is 12.6 Å². The van der Waals surface area contributed by atoms with Gasteiger partial charge in [0.25, 0.3) is 0 Å². The predicted molar refractivity (Wildman–Crippen MR) is 71.9 cm³/mol. The Bertz CT molecular complexity index is 533. The number of H-pyrrole nitrogens is 1. The van der Waals surface area contributed by atoms with Crippen LogP contribution in [-0.2, 0) is 30.2 Å². The minimum absolute atomic E-state index is 0.114. The normalized spacial score (nSPS) is 17.0. The van der Waals surface area contributed by atoms with E-state index in [9.17, 15) is 4.79 Å². The summed E-state index contributed by atoms with van der Waals surface area (Å²) in [5, 5.41) is 11.4. The van der Waals surface area contributed by atoms with Gasteiger partial charge in [0.05, 0.1) is 37.9 Å². The van der Waals surface area contributed by atoms with Gasteiger partial charge in [-0.1, -0.05) is 5.03 Å². The monoisotopic (exact) mass is 279 g/mol. The van der Waals surface area contributed by atoms with E-state index in [-0.39, 0.29) is 10.6 Å². The molecule has 1 aliphatic carbocycles. The molecule has 3 rings (SSSR count). The van der Waals surface area contributed by atoms with Crippen LogP contribution in [0.2, 0.25) is 0 Å². The van der Waals surface area contributed by atoms with E-state index in [4.69, 9.17) is 22.6 Å². The Morgan fingerprint density at radius 3 is 2.47 bits per heavy atom. The molecule has 0 bridgehead atoms. The van der Waals surface area contributed by atoms with Crippen molar-refractivity contribution in [2.24, 2.45) is 0 Å². The molecule has 0 atom stereocenters. The van der Waals surface area contributed by atoms with E-state index in [2.05, 4.69) is 10.3 Å². The van der Waals surface area contributed by atoms with Crippen LogP contribution in [0.3, 0.4) is 0 Å². The quantitative estimate of drug-likeness (QED) is 0.610. The van der Waals surface area contributed by atoms with Gasteiger partial charge in [0.1, 0.15) is 0 Å². The standard InChI is InChI=1S/C9H8N2OS.C4H9NO/c10-4-7-5-2-1-3-6(5)8(12)11-9(7)13;1-3-6-4-2-5-1/h1-3H2,(H2,11,12,13);5H,1-4H2. The number of aromatic amines is 1. The van der Waals surface area contributed by atoms with Crippen molar-refractivity contribution in [1.29, 1.82) is 5.26 Å². The number of ether oxygens (including phenoxy) is 1. The number of fused-ring (bicyclic) bond motifs is 1. The number of aromatic nitrogens is 1. The third-order valence-electron chi connectivity index (χ3n) is 3.29. The van der Waals surface area contributed by atoms with Gasteiger partial charge in [0.2, 0.25) is 5.56 Å². The Morgan fingerprint density at radius 1 is 1.26 bits per heavy atom. The molecule has 1 aliphatic heterocycles. The predicted octanol–water partition coefficient (Wildman–Crippen LogP) is -0.779. The largest absolute Gasteiger partial charge is 0.761 e. The van der Waals surface area contributed by atoms with Crippen LogP contribution in [0, 0.1) is 11.3 Å². The number of hydrogen-bond acceptors (Lipinski definition) is 4. The van der Waals surface area contributed by atoms with Gasteiger partial charge >= 0.3 is 0 Å². The Balaban J connectivity index is 0.000000186. The van der Waals surface area contributed by atoms with E-state index >= 15 is 0 Å². The van der Waals surface area contributed by atoms with E-state index in [0.717, 1.165) is 56.7 Å². The smallest absolute Gasteiger partial charge is 0.250 e. The van der Waals surface area contributed by atoms with Crippen LogP contribution in [0.1, 0.15) is 23.1 Å². The summed E-state index contributed by atoms with van der Waals surface area (Å²) in [5.74, 6) is 0. The average molecular weight is 279 g/mol. The van der Waals surface area contributed by atoms with E-state index in [1.807, 2.05) is 6.07 Å². The van der Waals surface area contributed by atoms with Crippen molar-refractivity contribution in [2.45, 2.75) is 24.3 Å². The van der Waals surface area contributed by atoms with Gasteiger partial charge in [0, 0.05) is 5.56 Å². The summed E-state index contributed by atoms with van der Waals surface area (Å²) in [7, 11) is 0. The Labute approximate surface area is 117 Å². The molecule has 2 heterocycles. The van der Waals surface area contributed by atoms with Gasteiger partial charge in [-0.3, -0.25) is 4.79 Å². The molecule has 0 aromatic carbocycles. The fourth-order valence-corrected chi connectivity index (χ4v) is 2.61. The minimum Gasteiger partial charge on any atom is -0.761 e. The van der Waals surface area contributed by atoms with Gasteiger partial charge in [-0.25, -0.2) is 0 Å². The van der Waals surface area contributed by atoms with Crippen LogP contribution < -0.4 is 10.9 Å². The minimum atomic E-state index is -0.114. The topological polar surface area (TPSA) is 82.5 Å². The molecule has 1 saturated heterocycles. The number of morpholine rings is 1. The molecule has 0 saturated carbocycles. The lowest BCUT2D eigenvalue weighted by molar-refractivity contribution is -0.670. The maximum Gasteiger partial charge on any atom is 0.250 e. The van der Waals surface area contributed by atoms with E-state index in [0.29, 0.717) is 5.56 Å². The summed E-state index contributed by atoms with van der Waals surface area (Å²) in [4.78, 5) is 13.9. The van der Waals surface area contributed by atoms with Crippen LogP contribution in [-0.4, -0.2) is 31.3 Å². The summed E-state index contributed by atoms with van der Waals surface area (Å²) in [6.45, 7) is 4.19. The lowest BCUT2D eigenvalue weighted by atomic mass is 10.1. The van der Waals surface area contributed by atoms with Crippen molar-refractivity contribution in [3.05, 3.63) is 27.0 Å². The highest BCUT2D eigenvalue weighted by Gasteiger charge is 2.18. The molecule has 0 amide bonds. The maximum absolute atomic E-state index is 11.4. The average Bonchev–Trinajstić information content (AvgIpc) is 2.91. The molecule has 3 N–H and O–H groups in total. The van der Waals surface area contributed by atoms with Crippen LogP contribution >= 0.6 is 0 Å². The summed E-state index contributed by atoms with van der Waals surface area (Å²) in [5.41, 5.74) is 2.00. The van der Waals surface area contributed by atoms with E-state index in [1.54, 1.807) is 0 Å². The maximum atomic E-state index is 11.4. The van der Waals surface area contributed by atoms with Gasteiger partial charge in [-0.05, 0) is 24.8 Å². The number of hydrogen-bond donors (Lipinski definition) is 2. The first-order valence-corrected chi connectivity index (χ1v) is 6.89. The van der Waals surface area contributed by atoms with E-state index in [1.165, 1.54) is 0 Å². The number of pyridine rings is 1. The molecule has 0 radical (unpaired) electrons. The number of rotatable bonds is 0. The zero-order chi connectivity index (χ0) is 13.7. The molecule has 19 heavy (non-hydrogen) atoms. The zero-order valence-electron chi connectivity index (χ0n) is 10.7. The van der Waals surface area contributed by atoms with Crippen molar-refractivity contribution in [1.82, 2.24) is 4.98 Å². The summed E-state index contributed by atoms with van der Waals surface area (Å²) in [6.07, 6.45) is 2.53. The van der Waals surface area contributed by atoms with Crippen LogP contribution in [0.15, 0.2) is 9.82 Å². The summed E-state index contributed by atoms with van der Waals surface area (Å²) < 4.78 is 5.04. The molecule has 6 heteroatoms. The van der Waals surface area contributed by atoms with Gasteiger partial charge in [-0.15, -0.1) is 0 Å². The molecule has 5 nitrogen and oxygen atoms in total. The van der Waals surface area contributed by atoms with Crippen molar-refractivity contribution in [3.63, 3.8) is 0 Å². The van der Waals surface area contributed by atoms with Gasteiger partial charge in [-0.2, -0.15) is 5.26 Å². The second kappa shape index (κ2) is 6.66. The lowest BCUT2D eigenvalue weighted by Crippen LogP contribution is -2.87. The van der Waals surface area contributed by atoms with Crippen molar-refractivity contribution < 1.29 is 10.1 Å². The highest BCUT2D eigenvalue weighted by Crippen LogP contribution is 2.22. The van der Waals surface area contributed by atoms with Crippen molar-refractivity contribution in [3.8, 4) is 6.07 Å². The Hall–Kier alpha value is -1.42. The highest BCUT2D eigenvalue weighted by atomic mass is 32.1. The lowest BCUT2D eigenvalue weighted by Gasteiger charge is -2.11. The molecular weight excluding hydrogens is 262 g/mol. The van der Waals surface area contributed by atoms with Gasteiger partial charge < -0.3 is 27.7 Å². The molecule has 1 fully saturated rings. The number of nitrogens with zero attached hydrogens (tertiary/aromatic N) is 1. The zero-order valence-corrected chi connectivity index (χ0v) is 11.5. The number of quaternary nitrogens is 1. The second-order valence-electron chi connectivity index (χ2n) is 4.56. The molecule has 0 unspecified atom stereocenters. The molecule has 1 aromatic heterocycles. The Morgan fingerprint density at radius 2 is 1.95 bits per heavy atom. The van der Waals surface area contributed by atoms with E-state index < -0.39 is 0 Å². The summed E-state index contributed by atoms with van der Waals surface area (Å²) >= 11 is 4.90. The number of nitrogens with two attached hydrogens (primary N) is 1. The molecular formula is C13H17N3O2S. The van der Waals surface area contributed by atoms with Crippen LogP contribution in [0.4, 0.5) is 0 Å². The third-order valence-corrected chi connectivity index (χ3v) is 3.60. The van der Waals surface area contributed by atoms with Crippen LogP contribution in [0.25, 0.3) is 0 Å². The Kier molecular flexibility index (Phi) is 4.91. The second-order valence-corrected chi connectivity index (χ2v) is 4.97. The molecule has 1 aromatic rings. The third kappa shape index (κ3) is 3.32. The highest BCUT2D eigenvalue weighted by molar-refractivity contribution is 7.58. The SMILES string of the molecule is C1COCC[NH2+]1.N#Cc1c([S-])[nH]c(=O)c2c1CCC2. The first-order valence-electron chi connectivity index (χ1n) is 6.48. The fourth-order valence-electron chi connectivity index (χ4n) is 2.35. The first-order chi connectivity index (χ1) is 9.24. The molecule has 0 spiro atoms.